The van der Waals surface area contributed by atoms with Gasteiger partial charge in [0.2, 0.25) is 0 Å². The number of hydrogen-bond acceptors (Lipinski definition) is 1. The number of aromatic nitrogens is 2. The molecule has 0 saturated heterocycles. The van der Waals surface area contributed by atoms with E-state index in [9.17, 15) is 0 Å². The number of benzene rings is 1. The van der Waals surface area contributed by atoms with Crippen molar-refractivity contribution in [1.29, 1.82) is 0 Å². The smallest absolute Gasteiger partial charge is 0.0680 e. The van der Waals surface area contributed by atoms with Gasteiger partial charge in [0, 0.05) is 5.56 Å². The first-order valence-electron chi connectivity index (χ1n) is 6.25. The standard InChI is InChI=1S/C15H19ClN2/c1-10(2)15-13(8-16)9-17-18(15)14-7-11(3)5-6-12(14)4/h5-7,9-10H,8H2,1-4H3. The maximum Gasteiger partial charge on any atom is 0.0680 e. The van der Waals surface area contributed by atoms with Crippen LogP contribution in [0.25, 0.3) is 5.69 Å². The van der Waals surface area contributed by atoms with Crippen molar-refractivity contribution in [3.05, 3.63) is 46.8 Å². The van der Waals surface area contributed by atoms with Crippen molar-refractivity contribution >= 4 is 11.6 Å². The van der Waals surface area contributed by atoms with Crippen molar-refractivity contribution in [3.8, 4) is 5.69 Å². The van der Waals surface area contributed by atoms with E-state index in [-0.39, 0.29) is 0 Å². The van der Waals surface area contributed by atoms with Crippen LogP contribution >= 0.6 is 11.6 Å². The fourth-order valence-electron chi connectivity index (χ4n) is 2.25. The third-order valence-electron chi connectivity index (χ3n) is 3.17. The van der Waals surface area contributed by atoms with Crippen LogP contribution in [0.5, 0.6) is 0 Å². The molecule has 3 heteroatoms. The van der Waals surface area contributed by atoms with Gasteiger partial charge in [-0.2, -0.15) is 5.10 Å². The fourth-order valence-corrected chi connectivity index (χ4v) is 2.46. The van der Waals surface area contributed by atoms with Crippen LogP contribution in [0, 0.1) is 13.8 Å². The zero-order chi connectivity index (χ0) is 13.3. The molecule has 0 radical (unpaired) electrons. The lowest BCUT2D eigenvalue weighted by atomic mass is 10.1. The number of rotatable bonds is 3. The van der Waals surface area contributed by atoms with Gasteiger partial charge < -0.3 is 0 Å². The molecule has 0 aliphatic rings. The van der Waals surface area contributed by atoms with Gasteiger partial charge in [-0.05, 0) is 37.0 Å². The first-order valence-corrected chi connectivity index (χ1v) is 6.78. The molecule has 2 nitrogen and oxygen atoms in total. The Kier molecular flexibility index (Phi) is 3.76. The minimum Gasteiger partial charge on any atom is -0.237 e. The van der Waals surface area contributed by atoms with Gasteiger partial charge in [-0.15, -0.1) is 11.6 Å². The Morgan fingerprint density at radius 3 is 2.61 bits per heavy atom. The van der Waals surface area contributed by atoms with Crippen LogP contribution in [0.1, 0.15) is 42.1 Å². The SMILES string of the molecule is Cc1ccc(C)c(-n2ncc(CCl)c2C(C)C)c1. The Morgan fingerprint density at radius 2 is 2.00 bits per heavy atom. The van der Waals surface area contributed by atoms with Gasteiger partial charge in [0.25, 0.3) is 0 Å². The first kappa shape index (κ1) is 13.2. The van der Waals surface area contributed by atoms with E-state index in [2.05, 4.69) is 51.0 Å². The van der Waals surface area contributed by atoms with Crippen molar-refractivity contribution in [3.63, 3.8) is 0 Å². The number of aryl methyl sites for hydroxylation is 2. The third-order valence-corrected chi connectivity index (χ3v) is 3.46. The Hall–Kier alpha value is -1.28. The summed E-state index contributed by atoms with van der Waals surface area (Å²) in [7, 11) is 0. The predicted octanol–water partition coefficient (Wildman–Crippen LogP) is 4.35. The molecular formula is C15H19ClN2. The summed E-state index contributed by atoms with van der Waals surface area (Å²) in [5, 5.41) is 4.51. The molecule has 0 spiro atoms. The minimum absolute atomic E-state index is 0.404. The van der Waals surface area contributed by atoms with Crippen LogP contribution < -0.4 is 0 Å². The molecular weight excluding hydrogens is 244 g/mol. The van der Waals surface area contributed by atoms with Gasteiger partial charge in [0.05, 0.1) is 23.5 Å². The Morgan fingerprint density at radius 1 is 1.28 bits per heavy atom. The molecule has 0 bridgehead atoms. The number of halogens is 1. The summed E-state index contributed by atoms with van der Waals surface area (Å²) in [6, 6.07) is 6.43. The highest BCUT2D eigenvalue weighted by atomic mass is 35.5. The molecule has 0 fully saturated rings. The van der Waals surface area contributed by atoms with Crippen molar-refractivity contribution < 1.29 is 0 Å². The highest BCUT2D eigenvalue weighted by molar-refractivity contribution is 6.17. The van der Waals surface area contributed by atoms with E-state index >= 15 is 0 Å². The summed E-state index contributed by atoms with van der Waals surface area (Å²) in [5.41, 5.74) is 5.95. The molecule has 1 aromatic heterocycles. The number of nitrogens with zero attached hydrogens (tertiary/aromatic N) is 2. The molecule has 0 saturated carbocycles. The van der Waals surface area contributed by atoms with Gasteiger partial charge >= 0.3 is 0 Å². The second kappa shape index (κ2) is 5.15. The van der Waals surface area contributed by atoms with Gasteiger partial charge in [-0.25, -0.2) is 4.68 Å². The van der Waals surface area contributed by atoms with Gasteiger partial charge in [-0.1, -0.05) is 26.0 Å². The van der Waals surface area contributed by atoms with E-state index in [0.717, 1.165) is 11.3 Å². The molecule has 2 rings (SSSR count). The van der Waals surface area contributed by atoms with Crippen LogP contribution in [0.15, 0.2) is 24.4 Å². The molecule has 2 aromatic rings. The van der Waals surface area contributed by atoms with Crippen molar-refractivity contribution in [2.45, 2.75) is 39.5 Å². The maximum absolute atomic E-state index is 5.99. The minimum atomic E-state index is 0.404. The summed E-state index contributed by atoms with van der Waals surface area (Å²) in [5.74, 6) is 0.916. The second-order valence-electron chi connectivity index (χ2n) is 5.05. The van der Waals surface area contributed by atoms with Crippen LogP contribution in [0.2, 0.25) is 0 Å². The molecule has 18 heavy (non-hydrogen) atoms. The highest BCUT2D eigenvalue weighted by Gasteiger charge is 2.15. The summed E-state index contributed by atoms with van der Waals surface area (Å²) < 4.78 is 2.03. The summed E-state index contributed by atoms with van der Waals surface area (Å²) >= 11 is 5.99. The maximum atomic E-state index is 5.99. The quantitative estimate of drug-likeness (QED) is 0.752. The first-order chi connectivity index (χ1) is 8.54. The van der Waals surface area contributed by atoms with Crippen LogP contribution in [0.3, 0.4) is 0 Å². The average Bonchev–Trinajstić information content (AvgIpc) is 2.75. The summed E-state index contributed by atoms with van der Waals surface area (Å²) in [6.45, 7) is 8.56. The highest BCUT2D eigenvalue weighted by Crippen LogP contribution is 2.26. The van der Waals surface area contributed by atoms with Gasteiger partial charge in [0.15, 0.2) is 0 Å². The molecule has 96 valence electrons. The lowest BCUT2D eigenvalue weighted by Crippen LogP contribution is -2.07. The lowest BCUT2D eigenvalue weighted by Gasteiger charge is -2.14. The van der Waals surface area contributed by atoms with Gasteiger partial charge in [0.1, 0.15) is 0 Å². The molecule has 0 aliphatic heterocycles. The van der Waals surface area contributed by atoms with Crippen molar-refractivity contribution in [2.24, 2.45) is 0 Å². The Labute approximate surface area is 114 Å². The normalized spacial score (nSPS) is 11.2. The Balaban J connectivity index is 2.63. The predicted molar refractivity (Wildman–Crippen MR) is 76.7 cm³/mol. The van der Waals surface area contributed by atoms with E-state index in [1.54, 1.807) is 0 Å². The molecule has 0 unspecified atom stereocenters. The van der Waals surface area contributed by atoms with Crippen LogP contribution in [-0.2, 0) is 5.88 Å². The topological polar surface area (TPSA) is 17.8 Å². The van der Waals surface area contributed by atoms with Crippen LogP contribution in [-0.4, -0.2) is 9.78 Å². The van der Waals surface area contributed by atoms with E-state index in [1.165, 1.54) is 16.8 Å². The summed E-state index contributed by atoms with van der Waals surface area (Å²) in [4.78, 5) is 0. The molecule has 1 aromatic carbocycles. The molecule has 0 atom stereocenters. The van der Waals surface area contributed by atoms with Crippen LogP contribution in [0.4, 0.5) is 0 Å². The van der Waals surface area contributed by atoms with Crippen molar-refractivity contribution in [2.75, 3.05) is 0 Å². The van der Waals surface area contributed by atoms with E-state index in [4.69, 9.17) is 11.6 Å². The lowest BCUT2D eigenvalue weighted by molar-refractivity contribution is 0.726. The van der Waals surface area contributed by atoms with E-state index < -0.39 is 0 Å². The zero-order valence-electron chi connectivity index (χ0n) is 11.4. The second-order valence-corrected chi connectivity index (χ2v) is 5.31. The third kappa shape index (κ3) is 2.30. The molecule has 0 aliphatic carbocycles. The number of alkyl halides is 1. The molecule has 1 heterocycles. The Bertz CT molecular complexity index is 556. The van der Waals surface area contributed by atoms with Gasteiger partial charge in [-0.3, -0.25) is 0 Å². The number of hydrogen-bond donors (Lipinski definition) is 0. The largest absolute Gasteiger partial charge is 0.237 e. The monoisotopic (exact) mass is 262 g/mol. The average molecular weight is 263 g/mol. The fraction of sp³-hybridized carbons (Fsp3) is 0.400. The molecule has 0 amide bonds. The summed E-state index contributed by atoms with van der Waals surface area (Å²) in [6.07, 6.45) is 1.88. The molecule has 0 N–H and O–H groups in total. The van der Waals surface area contributed by atoms with E-state index in [0.29, 0.717) is 11.8 Å². The van der Waals surface area contributed by atoms with E-state index in [1.807, 2.05) is 10.9 Å². The zero-order valence-corrected chi connectivity index (χ0v) is 12.1. The van der Waals surface area contributed by atoms with Crippen molar-refractivity contribution in [1.82, 2.24) is 9.78 Å².